The Balaban J connectivity index is 1.23. The minimum Gasteiger partial charge on any atom is -0.494 e. The van der Waals surface area contributed by atoms with Crippen LogP contribution in [-0.2, 0) is 11.3 Å². The van der Waals surface area contributed by atoms with Gasteiger partial charge in [-0.05, 0) is 66.0 Å². The van der Waals surface area contributed by atoms with Crippen LogP contribution in [0.1, 0.15) is 19.3 Å². The zero-order valence-corrected chi connectivity index (χ0v) is 21.0. The van der Waals surface area contributed by atoms with Gasteiger partial charge in [-0.2, -0.15) is 0 Å². The van der Waals surface area contributed by atoms with E-state index in [0.29, 0.717) is 11.8 Å². The van der Waals surface area contributed by atoms with Gasteiger partial charge in [0.15, 0.2) is 0 Å². The monoisotopic (exact) mass is 490 g/mol. The van der Waals surface area contributed by atoms with Gasteiger partial charge >= 0.3 is 0 Å². The molecular weight excluding hydrogens is 460 g/mol. The van der Waals surface area contributed by atoms with Crippen LogP contribution in [0.4, 0.5) is 0 Å². The van der Waals surface area contributed by atoms with Gasteiger partial charge in [-0.1, -0.05) is 42.5 Å². The second-order valence-electron chi connectivity index (χ2n) is 10.4. The number of methoxy groups -OCH3 is 1. The fourth-order valence-electron chi connectivity index (χ4n) is 5.76. The quantitative estimate of drug-likeness (QED) is 0.312. The molecule has 1 N–H and O–H groups in total. The minimum absolute atomic E-state index is 0.281. The topological polar surface area (TPSA) is 63.1 Å². The Kier molecular flexibility index (Phi) is 5.27. The lowest BCUT2D eigenvalue weighted by Crippen LogP contribution is -2.30. The maximum Gasteiger partial charge on any atom is 0.225 e. The number of hydrogen-bond acceptors (Lipinski definition) is 3. The number of carbonyl (C=O) groups is 1. The van der Waals surface area contributed by atoms with E-state index in [-0.39, 0.29) is 5.92 Å². The van der Waals surface area contributed by atoms with E-state index in [1.807, 2.05) is 18.3 Å². The average Bonchev–Trinajstić information content (AvgIpc) is 3.32. The van der Waals surface area contributed by atoms with Crippen LogP contribution >= 0.6 is 0 Å². The Bertz CT molecular complexity index is 1610. The van der Waals surface area contributed by atoms with Crippen molar-refractivity contribution in [1.29, 1.82) is 0 Å². The lowest BCUT2D eigenvalue weighted by molar-refractivity contribution is -0.131. The van der Waals surface area contributed by atoms with E-state index in [9.17, 15) is 4.79 Å². The molecule has 1 atom stereocenters. The Morgan fingerprint density at radius 3 is 2.62 bits per heavy atom. The molecule has 0 radical (unpaired) electrons. The first-order valence-corrected chi connectivity index (χ1v) is 13.2. The van der Waals surface area contributed by atoms with Gasteiger partial charge in [0.1, 0.15) is 17.1 Å². The summed E-state index contributed by atoms with van der Waals surface area (Å²) in [5.41, 5.74) is 6.52. The van der Waals surface area contributed by atoms with Crippen LogP contribution in [0, 0.1) is 11.8 Å². The lowest BCUT2D eigenvalue weighted by Gasteiger charge is -2.18. The molecule has 3 aromatic carbocycles. The first-order valence-electron chi connectivity index (χ1n) is 13.2. The van der Waals surface area contributed by atoms with Gasteiger partial charge in [-0.15, -0.1) is 0 Å². The number of fused-ring (bicyclic) bond motifs is 2. The number of nitrogens with one attached hydrogen (secondary N) is 1. The fourth-order valence-corrected chi connectivity index (χ4v) is 5.76. The second-order valence-corrected chi connectivity index (χ2v) is 10.4. The van der Waals surface area contributed by atoms with Crippen molar-refractivity contribution < 1.29 is 9.53 Å². The second kappa shape index (κ2) is 8.80. The van der Waals surface area contributed by atoms with Crippen LogP contribution in [0.2, 0.25) is 0 Å². The van der Waals surface area contributed by atoms with Crippen molar-refractivity contribution in [2.24, 2.45) is 11.8 Å². The molecule has 0 spiro atoms. The normalized spacial score (nSPS) is 17.6. The van der Waals surface area contributed by atoms with Crippen molar-refractivity contribution in [3.8, 4) is 28.3 Å². The average molecular weight is 491 g/mol. The number of hydrogen-bond donors (Lipinski definition) is 1. The summed E-state index contributed by atoms with van der Waals surface area (Å²) < 4.78 is 7.98. The summed E-state index contributed by atoms with van der Waals surface area (Å²) in [6, 6.07) is 23.4. The van der Waals surface area contributed by atoms with Gasteiger partial charge in [-0.3, -0.25) is 4.79 Å². The van der Waals surface area contributed by atoms with Crippen molar-refractivity contribution in [1.82, 2.24) is 19.4 Å². The van der Waals surface area contributed by atoms with Crippen molar-refractivity contribution in [2.45, 2.75) is 25.8 Å². The molecule has 0 bridgehead atoms. The molecule has 186 valence electrons. The van der Waals surface area contributed by atoms with E-state index in [0.717, 1.165) is 72.6 Å². The number of ether oxygens (including phenoxy) is 1. The molecule has 2 aliphatic rings. The fraction of sp³-hybridized carbons (Fsp3) is 0.290. The summed E-state index contributed by atoms with van der Waals surface area (Å²) in [5.74, 6) is 2.77. The number of nitrogens with zero attached hydrogens (tertiary/aromatic N) is 3. The number of imidazole rings is 1. The third-order valence-corrected chi connectivity index (χ3v) is 7.96. The van der Waals surface area contributed by atoms with E-state index in [1.165, 1.54) is 16.5 Å². The van der Waals surface area contributed by atoms with Gasteiger partial charge in [0.2, 0.25) is 5.91 Å². The summed E-state index contributed by atoms with van der Waals surface area (Å²) >= 11 is 0. The number of rotatable bonds is 6. The van der Waals surface area contributed by atoms with Crippen LogP contribution in [-0.4, -0.2) is 45.5 Å². The third kappa shape index (κ3) is 3.97. The molecule has 6 nitrogen and oxygen atoms in total. The molecule has 1 saturated carbocycles. The molecular formula is C31H30N4O2. The van der Waals surface area contributed by atoms with Gasteiger partial charge < -0.3 is 19.2 Å². The van der Waals surface area contributed by atoms with E-state index >= 15 is 0 Å². The maximum absolute atomic E-state index is 12.6. The number of para-hydroxylation sites is 1. The Labute approximate surface area is 215 Å². The number of carbonyl (C=O) groups excluding carboxylic acids is 1. The Morgan fingerprint density at radius 1 is 1.00 bits per heavy atom. The van der Waals surface area contributed by atoms with Gasteiger partial charge in [0, 0.05) is 42.8 Å². The summed E-state index contributed by atoms with van der Waals surface area (Å²) in [6.45, 7) is 2.53. The molecule has 2 fully saturated rings. The molecule has 1 amide bonds. The highest BCUT2D eigenvalue weighted by Gasteiger charge is 2.36. The zero-order chi connectivity index (χ0) is 24.9. The highest BCUT2D eigenvalue weighted by molar-refractivity contribution is 5.87. The highest BCUT2D eigenvalue weighted by atomic mass is 16.5. The first-order chi connectivity index (χ1) is 18.2. The van der Waals surface area contributed by atoms with Crippen LogP contribution in [0.5, 0.6) is 5.75 Å². The molecule has 3 heterocycles. The van der Waals surface area contributed by atoms with E-state index in [2.05, 4.69) is 69.0 Å². The Morgan fingerprint density at radius 2 is 1.81 bits per heavy atom. The highest BCUT2D eigenvalue weighted by Crippen LogP contribution is 2.36. The van der Waals surface area contributed by atoms with Gasteiger partial charge in [-0.25, -0.2) is 4.98 Å². The predicted octanol–water partition coefficient (Wildman–Crippen LogP) is 6.12. The van der Waals surface area contributed by atoms with Crippen LogP contribution in [0.3, 0.4) is 0 Å². The summed E-state index contributed by atoms with van der Waals surface area (Å²) in [4.78, 5) is 23.1. The van der Waals surface area contributed by atoms with Crippen molar-refractivity contribution in [3.05, 3.63) is 72.9 Å². The van der Waals surface area contributed by atoms with Crippen LogP contribution in [0.15, 0.2) is 72.9 Å². The van der Waals surface area contributed by atoms with Crippen LogP contribution in [0.25, 0.3) is 44.5 Å². The SMILES string of the molecule is COc1cccc2c1nc(-c1ccc(-c3ccc4cc[nH]c4c3)cc1)n2C[C@H]1CCN(C(=O)C2CC2)C1. The van der Waals surface area contributed by atoms with Crippen molar-refractivity contribution in [2.75, 3.05) is 20.2 Å². The predicted molar refractivity (Wildman–Crippen MR) is 146 cm³/mol. The number of aromatic nitrogens is 3. The largest absolute Gasteiger partial charge is 0.494 e. The smallest absolute Gasteiger partial charge is 0.225 e. The number of likely N-dealkylation sites (tertiary alicyclic amines) is 1. The number of aromatic amines is 1. The number of benzene rings is 3. The van der Waals surface area contributed by atoms with E-state index in [1.54, 1.807) is 7.11 Å². The lowest BCUT2D eigenvalue weighted by atomic mass is 10.0. The maximum atomic E-state index is 12.6. The molecule has 37 heavy (non-hydrogen) atoms. The Hall–Kier alpha value is -4.06. The van der Waals surface area contributed by atoms with Gasteiger partial charge in [0.05, 0.1) is 12.6 Å². The molecule has 1 aliphatic heterocycles. The first kappa shape index (κ1) is 22.2. The van der Waals surface area contributed by atoms with Crippen molar-refractivity contribution in [3.63, 3.8) is 0 Å². The third-order valence-electron chi connectivity index (χ3n) is 7.96. The van der Waals surface area contributed by atoms with Gasteiger partial charge in [0.25, 0.3) is 0 Å². The van der Waals surface area contributed by atoms with E-state index < -0.39 is 0 Å². The van der Waals surface area contributed by atoms with Crippen LogP contribution < -0.4 is 4.74 Å². The molecule has 1 aliphatic carbocycles. The number of H-pyrrole nitrogens is 1. The molecule has 2 aromatic heterocycles. The zero-order valence-electron chi connectivity index (χ0n) is 21.0. The molecule has 5 aromatic rings. The summed E-state index contributed by atoms with van der Waals surface area (Å²) in [7, 11) is 1.70. The summed E-state index contributed by atoms with van der Waals surface area (Å²) in [5, 5.41) is 1.22. The molecule has 6 heteroatoms. The molecule has 1 saturated heterocycles. The summed E-state index contributed by atoms with van der Waals surface area (Å²) in [6.07, 6.45) is 5.12. The molecule has 0 unspecified atom stereocenters. The number of amides is 1. The van der Waals surface area contributed by atoms with Crippen molar-refractivity contribution >= 4 is 27.8 Å². The molecule has 7 rings (SSSR count). The van der Waals surface area contributed by atoms with E-state index in [4.69, 9.17) is 9.72 Å². The minimum atomic E-state index is 0.281. The standard InChI is InChI=1S/C31H30N4O2/c1-37-28-4-2-3-27-29(28)33-30(35(27)19-20-14-16-34(18-20)31(36)24-10-11-24)23-8-5-21(6-9-23)25-12-7-22-13-15-32-26(22)17-25/h2-9,12-13,15,17,20,24,32H,10-11,14,16,18-19H2,1H3/t20-/m0/s1.